The Hall–Kier alpha value is -2.75. The monoisotopic (exact) mass is 282 g/mol. The molecule has 0 aliphatic carbocycles. The molecular weight excluding hydrogens is 268 g/mol. The van der Waals surface area contributed by atoms with Gasteiger partial charge < -0.3 is 14.6 Å². The minimum Gasteiger partial charge on any atom is -0.508 e. The third kappa shape index (κ3) is 2.36. The summed E-state index contributed by atoms with van der Waals surface area (Å²) in [6, 6.07) is 11.5. The Morgan fingerprint density at radius 3 is 2.67 bits per heavy atom. The summed E-state index contributed by atoms with van der Waals surface area (Å²) in [5, 5.41) is 19.9. The molecule has 4 heteroatoms. The van der Waals surface area contributed by atoms with Gasteiger partial charge in [0, 0.05) is 23.4 Å². The van der Waals surface area contributed by atoms with Crippen molar-refractivity contribution >= 4 is 16.8 Å². The maximum Gasteiger partial charge on any atom is 0.171 e. The summed E-state index contributed by atoms with van der Waals surface area (Å²) < 4.78 is 5.63. The van der Waals surface area contributed by atoms with Crippen molar-refractivity contribution in [1.82, 2.24) is 0 Å². The van der Waals surface area contributed by atoms with E-state index >= 15 is 0 Å². The normalized spacial score (nSPS) is 10.9. The zero-order valence-corrected chi connectivity index (χ0v) is 11.5. The summed E-state index contributed by atoms with van der Waals surface area (Å²) in [5.41, 5.74) is 1.76. The van der Waals surface area contributed by atoms with E-state index in [0.717, 1.165) is 22.6 Å². The topological polar surface area (TPSA) is 70.7 Å². The molecule has 0 unspecified atom stereocenters. The SMILES string of the molecule is Cc1oc2ccccc2c1CC(=O)c1ccc(O)cc1O. The van der Waals surface area contributed by atoms with Crippen molar-refractivity contribution in [3.8, 4) is 11.5 Å². The molecule has 0 saturated carbocycles. The molecular formula is C17H14O4. The summed E-state index contributed by atoms with van der Waals surface area (Å²) in [7, 11) is 0. The average Bonchev–Trinajstić information content (AvgIpc) is 2.75. The molecule has 0 amide bonds. The number of phenolic OH excluding ortho intramolecular Hbond substituents is 2. The summed E-state index contributed by atoms with van der Waals surface area (Å²) in [5.74, 6) is 0.185. The minimum absolute atomic E-state index is 0.0750. The van der Waals surface area contributed by atoms with E-state index in [1.54, 1.807) is 0 Å². The quantitative estimate of drug-likeness (QED) is 0.720. The van der Waals surface area contributed by atoms with Gasteiger partial charge in [-0.25, -0.2) is 0 Å². The number of benzene rings is 2. The number of furan rings is 1. The van der Waals surface area contributed by atoms with Gasteiger partial charge in [-0.15, -0.1) is 0 Å². The third-order valence-electron chi connectivity index (χ3n) is 3.52. The highest BCUT2D eigenvalue weighted by molar-refractivity contribution is 6.02. The Morgan fingerprint density at radius 1 is 1.14 bits per heavy atom. The van der Waals surface area contributed by atoms with E-state index in [9.17, 15) is 15.0 Å². The second-order valence-electron chi connectivity index (χ2n) is 4.93. The number of fused-ring (bicyclic) bond motifs is 1. The van der Waals surface area contributed by atoms with Crippen LogP contribution >= 0.6 is 0 Å². The summed E-state index contributed by atoms with van der Waals surface area (Å²) in [6.07, 6.45) is 0.140. The fraction of sp³-hybridized carbons (Fsp3) is 0.118. The summed E-state index contributed by atoms with van der Waals surface area (Å²) in [4.78, 5) is 12.4. The first-order valence-corrected chi connectivity index (χ1v) is 6.58. The van der Waals surface area contributed by atoms with Gasteiger partial charge in [0.1, 0.15) is 22.8 Å². The average molecular weight is 282 g/mol. The molecule has 0 radical (unpaired) electrons. The lowest BCUT2D eigenvalue weighted by atomic mass is 10.00. The molecule has 2 aromatic carbocycles. The van der Waals surface area contributed by atoms with Crippen LogP contribution in [0.15, 0.2) is 46.9 Å². The third-order valence-corrected chi connectivity index (χ3v) is 3.52. The standard InChI is InChI=1S/C17H14O4/c1-10-14(12-4-2-3-5-17(12)21-10)9-16(20)13-7-6-11(18)8-15(13)19/h2-8,18-19H,9H2,1H3. The Bertz CT molecular complexity index is 830. The van der Waals surface area contributed by atoms with Gasteiger partial charge in [-0.05, 0) is 25.1 Å². The molecule has 3 rings (SSSR count). The van der Waals surface area contributed by atoms with Crippen molar-refractivity contribution in [2.75, 3.05) is 0 Å². The van der Waals surface area contributed by atoms with Crippen LogP contribution in [0.4, 0.5) is 0 Å². The van der Waals surface area contributed by atoms with E-state index in [2.05, 4.69) is 0 Å². The fourth-order valence-electron chi connectivity index (χ4n) is 2.45. The molecule has 21 heavy (non-hydrogen) atoms. The first kappa shape index (κ1) is 13.2. The van der Waals surface area contributed by atoms with E-state index < -0.39 is 0 Å². The predicted octanol–water partition coefficient (Wildman–Crippen LogP) is 3.58. The van der Waals surface area contributed by atoms with E-state index in [1.807, 2.05) is 31.2 Å². The van der Waals surface area contributed by atoms with Crippen LogP contribution in [-0.4, -0.2) is 16.0 Å². The highest BCUT2D eigenvalue weighted by Crippen LogP contribution is 2.28. The van der Waals surface area contributed by atoms with E-state index in [4.69, 9.17) is 4.42 Å². The Kier molecular flexibility index (Phi) is 3.14. The lowest BCUT2D eigenvalue weighted by Crippen LogP contribution is -2.04. The van der Waals surface area contributed by atoms with Crippen LogP contribution in [0, 0.1) is 6.92 Å². The molecule has 0 bridgehead atoms. The number of aryl methyl sites for hydroxylation is 1. The van der Waals surface area contributed by atoms with Gasteiger partial charge in [-0.2, -0.15) is 0 Å². The van der Waals surface area contributed by atoms with E-state index in [1.165, 1.54) is 12.1 Å². The highest BCUT2D eigenvalue weighted by atomic mass is 16.3. The largest absolute Gasteiger partial charge is 0.508 e. The number of phenols is 2. The number of carbonyl (C=O) groups is 1. The lowest BCUT2D eigenvalue weighted by Gasteiger charge is -2.04. The molecule has 1 heterocycles. The predicted molar refractivity (Wildman–Crippen MR) is 78.8 cm³/mol. The van der Waals surface area contributed by atoms with Gasteiger partial charge in [-0.3, -0.25) is 4.79 Å². The van der Waals surface area contributed by atoms with Crippen molar-refractivity contribution in [2.45, 2.75) is 13.3 Å². The van der Waals surface area contributed by atoms with Crippen molar-refractivity contribution in [2.24, 2.45) is 0 Å². The Balaban J connectivity index is 1.98. The summed E-state index contributed by atoms with van der Waals surface area (Å²) >= 11 is 0. The van der Waals surface area contributed by atoms with Crippen LogP contribution in [0.5, 0.6) is 11.5 Å². The molecule has 0 atom stereocenters. The van der Waals surface area contributed by atoms with Crippen molar-refractivity contribution < 1.29 is 19.4 Å². The number of hydrogen-bond donors (Lipinski definition) is 2. The number of hydrogen-bond acceptors (Lipinski definition) is 4. The maximum absolute atomic E-state index is 12.4. The van der Waals surface area contributed by atoms with Gasteiger partial charge in [-0.1, -0.05) is 18.2 Å². The van der Waals surface area contributed by atoms with Gasteiger partial charge in [0.05, 0.1) is 5.56 Å². The number of Topliss-reactive ketones (excluding diaryl/α,β-unsaturated/α-hetero) is 1. The number of aromatic hydroxyl groups is 2. The molecule has 0 aliphatic heterocycles. The highest BCUT2D eigenvalue weighted by Gasteiger charge is 2.17. The Labute approximate surface area is 121 Å². The molecule has 0 fully saturated rings. The number of rotatable bonds is 3. The molecule has 1 aromatic heterocycles. The van der Waals surface area contributed by atoms with Gasteiger partial charge in [0.15, 0.2) is 5.78 Å². The van der Waals surface area contributed by atoms with Crippen LogP contribution < -0.4 is 0 Å². The van der Waals surface area contributed by atoms with Gasteiger partial charge >= 0.3 is 0 Å². The second-order valence-corrected chi connectivity index (χ2v) is 4.93. The lowest BCUT2D eigenvalue weighted by molar-refractivity contribution is 0.0990. The van der Waals surface area contributed by atoms with Gasteiger partial charge in [0.2, 0.25) is 0 Å². The van der Waals surface area contributed by atoms with Crippen molar-refractivity contribution in [1.29, 1.82) is 0 Å². The number of carbonyl (C=O) groups excluding carboxylic acids is 1. The minimum atomic E-state index is -0.220. The zero-order valence-electron chi connectivity index (χ0n) is 11.5. The second kappa shape index (κ2) is 4.98. The maximum atomic E-state index is 12.4. The van der Waals surface area contributed by atoms with E-state index in [-0.39, 0.29) is 29.3 Å². The van der Waals surface area contributed by atoms with Crippen LogP contribution in [-0.2, 0) is 6.42 Å². The zero-order chi connectivity index (χ0) is 15.0. The number of ketones is 1. The molecule has 2 N–H and O–H groups in total. The number of para-hydroxylation sites is 1. The fourth-order valence-corrected chi connectivity index (χ4v) is 2.45. The van der Waals surface area contributed by atoms with Crippen LogP contribution in [0.1, 0.15) is 21.7 Å². The first-order valence-electron chi connectivity index (χ1n) is 6.58. The van der Waals surface area contributed by atoms with E-state index in [0.29, 0.717) is 5.76 Å². The summed E-state index contributed by atoms with van der Waals surface area (Å²) in [6.45, 7) is 1.82. The smallest absolute Gasteiger partial charge is 0.171 e. The Morgan fingerprint density at radius 2 is 1.90 bits per heavy atom. The van der Waals surface area contributed by atoms with Crippen molar-refractivity contribution in [3.05, 3.63) is 59.4 Å². The van der Waals surface area contributed by atoms with Crippen LogP contribution in [0.3, 0.4) is 0 Å². The molecule has 4 nitrogen and oxygen atoms in total. The van der Waals surface area contributed by atoms with Crippen LogP contribution in [0.25, 0.3) is 11.0 Å². The molecule has 3 aromatic rings. The first-order chi connectivity index (χ1) is 10.1. The van der Waals surface area contributed by atoms with Crippen molar-refractivity contribution in [3.63, 3.8) is 0 Å². The molecule has 106 valence electrons. The van der Waals surface area contributed by atoms with Gasteiger partial charge in [0.25, 0.3) is 0 Å². The molecule has 0 aliphatic rings. The molecule has 0 saturated heterocycles. The molecule has 0 spiro atoms. The van der Waals surface area contributed by atoms with Crippen LogP contribution in [0.2, 0.25) is 0 Å².